The van der Waals surface area contributed by atoms with Crippen LogP contribution in [-0.4, -0.2) is 31.3 Å². The van der Waals surface area contributed by atoms with E-state index in [1.165, 1.54) is 6.42 Å². The van der Waals surface area contributed by atoms with Crippen LogP contribution in [0.25, 0.3) is 0 Å². The molecule has 0 aromatic heterocycles. The zero-order valence-electron chi connectivity index (χ0n) is 8.28. The quantitative estimate of drug-likeness (QED) is 0.640. The van der Waals surface area contributed by atoms with Gasteiger partial charge in [-0.25, -0.2) is 4.39 Å². The second-order valence-corrected chi connectivity index (χ2v) is 4.60. The standard InChI is InChI=1S/C10H19FN2/c1-8-2-4-13-9(6-8)10(11)3-5-12-7-10/h8-9,12-13H,2-7H2,1H3. The summed E-state index contributed by atoms with van der Waals surface area (Å²) in [7, 11) is 0. The first-order chi connectivity index (χ1) is 6.21. The zero-order valence-corrected chi connectivity index (χ0v) is 8.28. The van der Waals surface area contributed by atoms with Gasteiger partial charge in [-0.3, -0.25) is 0 Å². The van der Waals surface area contributed by atoms with Crippen LogP contribution < -0.4 is 10.6 Å². The highest BCUT2D eigenvalue weighted by atomic mass is 19.1. The van der Waals surface area contributed by atoms with Gasteiger partial charge >= 0.3 is 0 Å². The molecule has 0 bridgehead atoms. The minimum atomic E-state index is -0.978. The smallest absolute Gasteiger partial charge is 0.139 e. The SMILES string of the molecule is CC1CCNC(C2(F)CCNC2)C1. The van der Waals surface area contributed by atoms with Gasteiger partial charge < -0.3 is 10.6 Å². The number of nitrogens with one attached hydrogen (secondary N) is 2. The van der Waals surface area contributed by atoms with Crippen molar-refractivity contribution in [2.75, 3.05) is 19.6 Å². The molecule has 2 heterocycles. The van der Waals surface area contributed by atoms with Gasteiger partial charge in [-0.05, 0) is 38.3 Å². The molecule has 3 atom stereocenters. The van der Waals surface area contributed by atoms with Gasteiger partial charge in [-0.2, -0.15) is 0 Å². The number of piperidine rings is 1. The molecule has 0 saturated carbocycles. The summed E-state index contributed by atoms with van der Waals surface area (Å²) in [6.45, 7) is 4.58. The third kappa shape index (κ3) is 1.86. The molecule has 2 saturated heterocycles. The predicted octanol–water partition coefficient (Wildman–Crippen LogP) is 1.08. The largest absolute Gasteiger partial charge is 0.313 e. The molecular formula is C10H19FN2. The van der Waals surface area contributed by atoms with E-state index in [0.717, 1.165) is 19.5 Å². The van der Waals surface area contributed by atoms with Gasteiger partial charge in [0.1, 0.15) is 5.67 Å². The Morgan fingerprint density at radius 2 is 2.23 bits per heavy atom. The predicted molar refractivity (Wildman–Crippen MR) is 51.5 cm³/mol. The van der Waals surface area contributed by atoms with Crippen molar-refractivity contribution in [3.8, 4) is 0 Å². The normalized spacial score (nSPS) is 46.6. The highest BCUT2D eigenvalue weighted by Gasteiger charge is 2.42. The molecule has 0 spiro atoms. The average Bonchev–Trinajstić information content (AvgIpc) is 2.54. The lowest BCUT2D eigenvalue weighted by molar-refractivity contribution is 0.0956. The number of rotatable bonds is 1. The van der Waals surface area contributed by atoms with Crippen molar-refractivity contribution >= 4 is 0 Å². The molecule has 0 aromatic rings. The first-order valence-corrected chi connectivity index (χ1v) is 5.34. The van der Waals surface area contributed by atoms with E-state index in [0.29, 0.717) is 18.9 Å². The maximum atomic E-state index is 14.2. The van der Waals surface area contributed by atoms with Crippen LogP contribution in [-0.2, 0) is 0 Å². The molecule has 0 aromatic carbocycles. The fourth-order valence-corrected chi connectivity index (χ4v) is 2.48. The molecule has 2 nitrogen and oxygen atoms in total. The van der Waals surface area contributed by atoms with E-state index < -0.39 is 5.67 Å². The van der Waals surface area contributed by atoms with E-state index in [4.69, 9.17) is 0 Å². The van der Waals surface area contributed by atoms with Gasteiger partial charge in [0.15, 0.2) is 0 Å². The van der Waals surface area contributed by atoms with Gasteiger partial charge in [-0.15, -0.1) is 0 Å². The van der Waals surface area contributed by atoms with Gasteiger partial charge in [0.2, 0.25) is 0 Å². The van der Waals surface area contributed by atoms with Crippen LogP contribution in [0.3, 0.4) is 0 Å². The van der Waals surface area contributed by atoms with Crippen molar-refractivity contribution in [3.63, 3.8) is 0 Å². The Balaban J connectivity index is 1.98. The van der Waals surface area contributed by atoms with Crippen LogP contribution in [0.4, 0.5) is 4.39 Å². The second-order valence-electron chi connectivity index (χ2n) is 4.60. The summed E-state index contributed by atoms with van der Waals surface area (Å²) >= 11 is 0. The van der Waals surface area contributed by atoms with E-state index in [1.807, 2.05) is 0 Å². The fraction of sp³-hybridized carbons (Fsp3) is 1.00. The number of hydrogen-bond donors (Lipinski definition) is 2. The van der Waals surface area contributed by atoms with E-state index >= 15 is 0 Å². The minimum absolute atomic E-state index is 0.0891. The molecule has 0 amide bonds. The summed E-state index contributed by atoms with van der Waals surface area (Å²) in [5, 5.41) is 6.43. The van der Waals surface area contributed by atoms with Crippen molar-refractivity contribution in [2.45, 2.75) is 37.9 Å². The molecule has 0 radical (unpaired) electrons. The average molecular weight is 186 g/mol. The van der Waals surface area contributed by atoms with Crippen molar-refractivity contribution in [1.82, 2.24) is 10.6 Å². The third-order valence-electron chi connectivity index (χ3n) is 3.43. The van der Waals surface area contributed by atoms with Crippen LogP contribution >= 0.6 is 0 Å². The van der Waals surface area contributed by atoms with Gasteiger partial charge in [0.05, 0.1) is 0 Å². The minimum Gasteiger partial charge on any atom is -0.313 e. The van der Waals surface area contributed by atoms with E-state index in [1.54, 1.807) is 0 Å². The maximum absolute atomic E-state index is 14.2. The van der Waals surface area contributed by atoms with Crippen LogP contribution in [0.15, 0.2) is 0 Å². The van der Waals surface area contributed by atoms with Crippen molar-refractivity contribution in [1.29, 1.82) is 0 Å². The monoisotopic (exact) mass is 186 g/mol. The molecule has 3 heteroatoms. The van der Waals surface area contributed by atoms with E-state index in [-0.39, 0.29) is 6.04 Å². The lowest BCUT2D eigenvalue weighted by Gasteiger charge is -2.36. The van der Waals surface area contributed by atoms with Crippen molar-refractivity contribution in [2.24, 2.45) is 5.92 Å². The topological polar surface area (TPSA) is 24.1 Å². The van der Waals surface area contributed by atoms with Crippen LogP contribution in [0.5, 0.6) is 0 Å². The molecule has 2 rings (SSSR count). The Morgan fingerprint density at radius 1 is 1.38 bits per heavy atom. The Bertz CT molecular complexity index is 178. The van der Waals surface area contributed by atoms with Gasteiger partial charge in [0.25, 0.3) is 0 Å². The first-order valence-electron chi connectivity index (χ1n) is 5.34. The summed E-state index contributed by atoms with van der Waals surface area (Å²) in [5.41, 5.74) is -0.978. The lowest BCUT2D eigenvalue weighted by atomic mass is 9.84. The number of hydrogen-bond acceptors (Lipinski definition) is 2. The molecule has 2 N–H and O–H groups in total. The Morgan fingerprint density at radius 3 is 2.85 bits per heavy atom. The molecule has 2 fully saturated rings. The molecule has 13 heavy (non-hydrogen) atoms. The molecular weight excluding hydrogens is 167 g/mol. The van der Waals surface area contributed by atoms with Crippen LogP contribution in [0.2, 0.25) is 0 Å². The van der Waals surface area contributed by atoms with Crippen molar-refractivity contribution in [3.05, 3.63) is 0 Å². The number of alkyl halides is 1. The zero-order chi connectivity index (χ0) is 9.31. The first kappa shape index (κ1) is 9.41. The van der Waals surface area contributed by atoms with E-state index in [2.05, 4.69) is 17.6 Å². The Labute approximate surface area is 79.3 Å². The van der Waals surface area contributed by atoms with Gasteiger partial charge in [-0.1, -0.05) is 6.92 Å². The highest BCUT2D eigenvalue weighted by molar-refractivity contribution is 5.00. The second kappa shape index (κ2) is 3.54. The molecule has 2 aliphatic heterocycles. The Hall–Kier alpha value is -0.150. The molecule has 2 aliphatic rings. The van der Waals surface area contributed by atoms with Crippen molar-refractivity contribution < 1.29 is 4.39 Å². The number of halogens is 1. The fourth-order valence-electron chi connectivity index (χ4n) is 2.48. The summed E-state index contributed by atoms with van der Waals surface area (Å²) < 4.78 is 14.2. The summed E-state index contributed by atoms with van der Waals surface area (Å²) in [4.78, 5) is 0. The summed E-state index contributed by atoms with van der Waals surface area (Å²) in [6.07, 6.45) is 2.87. The lowest BCUT2D eigenvalue weighted by Crippen LogP contribution is -2.52. The molecule has 0 aliphatic carbocycles. The maximum Gasteiger partial charge on any atom is 0.139 e. The van der Waals surface area contributed by atoms with Crippen LogP contribution in [0.1, 0.15) is 26.2 Å². The van der Waals surface area contributed by atoms with E-state index in [9.17, 15) is 4.39 Å². The summed E-state index contributed by atoms with van der Waals surface area (Å²) in [6, 6.07) is 0.0891. The Kier molecular flexibility index (Phi) is 2.56. The third-order valence-corrected chi connectivity index (χ3v) is 3.43. The summed E-state index contributed by atoms with van der Waals surface area (Å²) in [5.74, 6) is 0.680. The molecule has 76 valence electrons. The molecule has 3 unspecified atom stereocenters. The highest BCUT2D eigenvalue weighted by Crippen LogP contribution is 2.30. The van der Waals surface area contributed by atoms with Gasteiger partial charge in [0, 0.05) is 12.6 Å². The van der Waals surface area contributed by atoms with Crippen LogP contribution in [0, 0.1) is 5.92 Å².